The first-order chi connectivity index (χ1) is 9.16. The molecule has 3 nitrogen and oxygen atoms in total. The lowest BCUT2D eigenvalue weighted by molar-refractivity contribution is 0.0697. The fourth-order valence-electron chi connectivity index (χ4n) is 2.80. The molecule has 0 bridgehead atoms. The van der Waals surface area contributed by atoms with Crippen LogP contribution in [-0.2, 0) is 12.8 Å². The Bertz CT molecular complexity index is 662. The Morgan fingerprint density at radius 3 is 2.89 bits per heavy atom. The van der Waals surface area contributed by atoms with Crippen LogP contribution in [0.15, 0.2) is 30.5 Å². The summed E-state index contributed by atoms with van der Waals surface area (Å²) in [5, 5.41) is 9.39. The first-order valence-electron chi connectivity index (χ1n) is 6.48. The van der Waals surface area contributed by atoms with E-state index in [1.54, 1.807) is 0 Å². The molecular weight excluding hydrogens is 238 g/mol. The SMILES string of the molecule is Cc1cccc(-c2c(C(=O)O)cnc3c2CCC3)c1. The van der Waals surface area contributed by atoms with Crippen molar-refractivity contribution >= 4 is 5.97 Å². The van der Waals surface area contributed by atoms with Crippen molar-refractivity contribution in [1.29, 1.82) is 0 Å². The minimum atomic E-state index is -0.904. The number of hydrogen-bond acceptors (Lipinski definition) is 2. The number of fused-ring (bicyclic) bond motifs is 1. The van der Waals surface area contributed by atoms with Gasteiger partial charge in [-0.25, -0.2) is 4.79 Å². The van der Waals surface area contributed by atoms with Crippen molar-refractivity contribution in [3.8, 4) is 11.1 Å². The molecule has 1 aromatic heterocycles. The molecule has 1 N–H and O–H groups in total. The zero-order chi connectivity index (χ0) is 13.4. The van der Waals surface area contributed by atoms with Gasteiger partial charge >= 0.3 is 5.97 Å². The number of aryl methyl sites for hydroxylation is 2. The Labute approximate surface area is 111 Å². The van der Waals surface area contributed by atoms with Gasteiger partial charge in [0.1, 0.15) is 0 Å². The standard InChI is InChI=1S/C16H15NO2/c1-10-4-2-5-11(8-10)15-12-6-3-7-14(12)17-9-13(15)16(18)19/h2,4-5,8-9H,3,6-7H2,1H3,(H,18,19). The largest absolute Gasteiger partial charge is 0.478 e. The van der Waals surface area contributed by atoms with Crippen LogP contribution in [0, 0.1) is 6.92 Å². The average Bonchev–Trinajstić information content (AvgIpc) is 2.85. The summed E-state index contributed by atoms with van der Waals surface area (Å²) >= 11 is 0. The molecule has 0 atom stereocenters. The smallest absolute Gasteiger partial charge is 0.337 e. The molecule has 3 rings (SSSR count). The first-order valence-corrected chi connectivity index (χ1v) is 6.48. The normalized spacial score (nSPS) is 13.3. The lowest BCUT2D eigenvalue weighted by Gasteiger charge is -2.12. The van der Waals surface area contributed by atoms with E-state index in [0.29, 0.717) is 5.56 Å². The van der Waals surface area contributed by atoms with E-state index in [0.717, 1.165) is 47.2 Å². The molecule has 0 radical (unpaired) electrons. The summed E-state index contributed by atoms with van der Waals surface area (Å²) in [5.41, 5.74) is 5.47. The van der Waals surface area contributed by atoms with Crippen LogP contribution < -0.4 is 0 Å². The zero-order valence-electron chi connectivity index (χ0n) is 10.8. The highest BCUT2D eigenvalue weighted by molar-refractivity contribution is 5.97. The third-order valence-electron chi connectivity index (χ3n) is 3.65. The van der Waals surface area contributed by atoms with Crippen molar-refractivity contribution < 1.29 is 9.90 Å². The fraction of sp³-hybridized carbons (Fsp3) is 0.250. The van der Waals surface area contributed by atoms with Crippen molar-refractivity contribution in [2.24, 2.45) is 0 Å². The predicted molar refractivity (Wildman–Crippen MR) is 73.4 cm³/mol. The highest BCUT2D eigenvalue weighted by atomic mass is 16.4. The van der Waals surface area contributed by atoms with Crippen molar-refractivity contribution in [3.05, 3.63) is 52.8 Å². The van der Waals surface area contributed by atoms with Gasteiger partial charge in [-0.15, -0.1) is 0 Å². The van der Waals surface area contributed by atoms with Crippen molar-refractivity contribution in [1.82, 2.24) is 4.98 Å². The number of hydrogen-bond donors (Lipinski definition) is 1. The molecule has 0 fully saturated rings. The molecule has 0 unspecified atom stereocenters. The molecule has 0 saturated carbocycles. The highest BCUT2D eigenvalue weighted by Gasteiger charge is 2.23. The molecule has 0 amide bonds. The summed E-state index contributed by atoms with van der Waals surface area (Å²) in [7, 11) is 0. The maximum absolute atomic E-state index is 11.4. The molecule has 0 spiro atoms. The van der Waals surface area contributed by atoms with E-state index in [1.165, 1.54) is 6.20 Å². The summed E-state index contributed by atoms with van der Waals surface area (Å²) in [4.78, 5) is 15.7. The summed E-state index contributed by atoms with van der Waals surface area (Å²) in [6.45, 7) is 2.02. The predicted octanol–water partition coefficient (Wildman–Crippen LogP) is 3.24. The molecule has 19 heavy (non-hydrogen) atoms. The molecule has 1 aliphatic carbocycles. The van der Waals surface area contributed by atoms with Crippen molar-refractivity contribution in [2.45, 2.75) is 26.2 Å². The van der Waals surface area contributed by atoms with E-state index in [4.69, 9.17) is 0 Å². The number of rotatable bonds is 2. The Balaban J connectivity index is 2.29. The quantitative estimate of drug-likeness (QED) is 0.893. The van der Waals surface area contributed by atoms with Crippen LogP contribution in [0.3, 0.4) is 0 Å². The topological polar surface area (TPSA) is 50.2 Å². The van der Waals surface area contributed by atoms with E-state index >= 15 is 0 Å². The number of carbonyl (C=O) groups is 1. The molecule has 1 aliphatic rings. The number of aromatic carboxylic acids is 1. The van der Waals surface area contributed by atoms with Gasteiger partial charge in [0.25, 0.3) is 0 Å². The number of aromatic nitrogens is 1. The Kier molecular flexibility index (Phi) is 2.82. The van der Waals surface area contributed by atoms with E-state index in [9.17, 15) is 9.90 Å². The number of carboxylic acid groups (broad SMARTS) is 1. The molecule has 2 aromatic rings. The van der Waals surface area contributed by atoms with Crippen LogP contribution >= 0.6 is 0 Å². The van der Waals surface area contributed by atoms with Gasteiger partial charge in [0, 0.05) is 17.5 Å². The second-order valence-electron chi connectivity index (χ2n) is 5.00. The van der Waals surface area contributed by atoms with Crippen LogP contribution in [0.4, 0.5) is 0 Å². The molecular formula is C16H15NO2. The van der Waals surface area contributed by atoms with Gasteiger partial charge in [-0.05, 0) is 37.3 Å². The van der Waals surface area contributed by atoms with Gasteiger partial charge in [-0.2, -0.15) is 0 Å². The first kappa shape index (κ1) is 11.9. The lowest BCUT2D eigenvalue weighted by Crippen LogP contribution is -2.05. The summed E-state index contributed by atoms with van der Waals surface area (Å²) in [6.07, 6.45) is 4.44. The van der Waals surface area contributed by atoms with E-state index in [2.05, 4.69) is 4.98 Å². The van der Waals surface area contributed by atoms with Gasteiger partial charge < -0.3 is 5.11 Å². The lowest BCUT2D eigenvalue weighted by atomic mass is 9.94. The van der Waals surface area contributed by atoms with Gasteiger partial charge in [0.2, 0.25) is 0 Å². The van der Waals surface area contributed by atoms with E-state index < -0.39 is 5.97 Å². The second kappa shape index (κ2) is 4.50. The molecule has 0 saturated heterocycles. The summed E-state index contributed by atoms with van der Waals surface area (Å²) < 4.78 is 0. The van der Waals surface area contributed by atoms with Gasteiger partial charge in [-0.1, -0.05) is 29.8 Å². The van der Waals surface area contributed by atoms with Crippen molar-refractivity contribution in [2.75, 3.05) is 0 Å². The van der Waals surface area contributed by atoms with Crippen LogP contribution in [0.5, 0.6) is 0 Å². The third kappa shape index (κ3) is 2.01. The van der Waals surface area contributed by atoms with Gasteiger partial charge in [-0.3, -0.25) is 4.98 Å². The van der Waals surface area contributed by atoms with Crippen LogP contribution in [0.2, 0.25) is 0 Å². The number of pyridine rings is 1. The van der Waals surface area contributed by atoms with E-state index in [1.807, 2.05) is 31.2 Å². The molecule has 96 valence electrons. The van der Waals surface area contributed by atoms with Crippen molar-refractivity contribution in [3.63, 3.8) is 0 Å². The zero-order valence-corrected chi connectivity index (χ0v) is 10.8. The second-order valence-corrected chi connectivity index (χ2v) is 5.00. The third-order valence-corrected chi connectivity index (χ3v) is 3.65. The summed E-state index contributed by atoms with van der Waals surface area (Å²) in [5.74, 6) is -0.904. The Morgan fingerprint density at radius 1 is 1.32 bits per heavy atom. The van der Waals surface area contributed by atoms with Crippen LogP contribution in [0.25, 0.3) is 11.1 Å². The van der Waals surface area contributed by atoms with Crippen LogP contribution in [-0.4, -0.2) is 16.1 Å². The van der Waals surface area contributed by atoms with Gasteiger partial charge in [0.05, 0.1) is 5.56 Å². The monoisotopic (exact) mass is 253 g/mol. The van der Waals surface area contributed by atoms with E-state index in [-0.39, 0.29) is 0 Å². The summed E-state index contributed by atoms with van der Waals surface area (Å²) in [6, 6.07) is 8.01. The minimum Gasteiger partial charge on any atom is -0.478 e. The minimum absolute atomic E-state index is 0.311. The molecule has 1 aromatic carbocycles. The Morgan fingerprint density at radius 2 is 2.16 bits per heavy atom. The maximum atomic E-state index is 11.4. The maximum Gasteiger partial charge on any atom is 0.337 e. The number of carboxylic acids is 1. The van der Waals surface area contributed by atoms with Gasteiger partial charge in [0.15, 0.2) is 0 Å². The number of nitrogens with zero attached hydrogens (tertiary/aromatic N) is 1. The van der Waals surface area contributed by atoms with Crippen LogP contribution in [0.1, 0.15) is 33.6 Å². The molecule has 0 aliphatic heterocycles. The molecule has 3 heteroatoms. The fourth-order valence-corrected chi connectivity index (χ4v) is 2.80. The Hall–Kier alpha value is -2.16. The highest BCUT2D eigenvalue weighted by Crippen LogP contribution is 2.34. The molecule has 1 heterocycles. The average molecular weight is 253 g/mol. The number of benzene rings is 1.